The Morgan fingerprint density at radius 3 is 2.70 bits per heavy atom. The summed E-state index contributed by atoms with van der Waals surface area (Å²) >= 11 is 0. The lowest BCUT2D eigenvalue weighted by Gasteiger charge is -2.17. The predicted octanol–water partition coefficient (Wildman–Crippen LogP) is 3.27. The third kappa shape index (κ3) is 3.86. The lowest BCUT2D eigenvalue weighted by molar-refractivity contribution is -0.132. The summed E-state index contributed by atoms with van der Waals surface area (Å²) in [6.45, 7) is 0.545. The van der Waals surface area contributed by atoms with Crippen molar-refractivity contribution < 1.29 is 9.53 Å². The zero-order valence-corrected chi connectivity index (χ0v) is 13.0. The van der Waals surface area contributed by atoms with Gasteiger partial charge < -0.3 is 9.64 Å². The number of aromatic nitrogens is 1. The van der Waals surface area contributed by atoms with Crippen LogP contribution in [0, 0.1) is 0 Å². The van der Waals surface area contributed by atoms with Gasteiger partial charge in [-0.1, -0.05) is 36.4 Å². The molecule has 4 heteroatoms. The maximum atomic E-state index is 12.2. The van der Waals surface area contributed by atoms with E-state index in [1.807, 2.05) is 54.6 Å². The summed E-state index contributed by atoms with van der Waals surface area (Å²) in [7, 11) is 1.76. The molecule has 0 bridgehead atoms. The van der Waals surface area contributed by atoms with Gasteiger partial charge in [-0.2, -0.15) is 0 Å². The maximum Gasteiger partial charge on any atom is 0.260 e. The third-order valence-corrected chi connectivity index (χ3v) is 3.65. The summed E-state index contributed by atoms with van der Waals surface area (Å²) in [4.78, 5) is 17.9. The van der Waals surface area contributed by atoms with Crippen LogP contribution >= 0.6 is 0 Å². The van der Waals surface area contributed by atoms with E-state index in [1.165, 1.54) is 0 Å². The number of carbonyl (C=O) groups is 1. The van der Waals surface area contributed by atoms with Gasteiger partial charge in [0.05, 0.1) is 0 Å². The number of hydrogen-bond acceptors (Lipinski definition) is 3. The Morgan fingerprint density at radius 2 is 1.91 bits per heavy atom. The van der Waals surface area contributed by atoms with Crippen LogP contribution in [-0.2, 0) is 11.3 Å². The number of likely N-dealkylation sites (N-methyl/N-ethyl adjacent to an activating group) is 1. The van der Waals surface area contributed by atoms with Crippen LogP contribution in [0.15, 0.2) is 67.0 Å². The molecule has 3 rings (SSSR count). The molecule has 0 spiro atoms. The van der Waals surface area contributed by atoms with Crippen molar-refractivity contribution in [1.82, 2.24) is 9.88 Å². The summed E-state index contributed by atoms with van der Waals surface area (Å²) in [6, 6.07) is 17.7. The van der Waals surface area contributed by atoms with Crippen molar-refractivity contribution in [1.29, 1.82) is 0 Å². The molecular weight excluding hydrogens is 288 g/mol. The molecule has 23 heavy (non-hydrogen) atoms. The topological polar surface area (TPSA) is 42.4 Å². The fourth-order valence-corrected chi connectivity index (χ4v) is 2.37. The lowest BCUT2D eigenvalue weighted by atomic mass is 10.1. The first-order chi connectivity index (χ1) is 11.2. The van der Waals surface area contributed by atoms with Gasteiger partial charge in [0.2, 0.25) is 0 Å². The van der Waals surface area contributed by atoms with E-state index < -0.39 is 0 Å². The zero-order valence-electron chi connectivity index (χ0n) is 13.0. The van der Waals surface area contributed by atoms with E-state index in [4.69, 9.17) is 4.74 Å². The highest BCUT2D eigenvalue weighted by molar-refractivity contribution is 5.84. The Kier molecular flexibility index (Phi) is 4.52. The number of hydrogen-bond donors (Lipinski definition) is 0. The van der Waals surface area contributed by atoms with Gasteiger partial charge in [-0.25, -0.2) is 0 Å². The number of amides is 1. The molecule has 1 aromatic heterocycles. The van der Waals surface area contributed by atoms with Crippen LogP contribution in [0.4, 0.5) is 0 Å². The molecule has 0 fully saturated rings. The highest BCUT2D eigenvalue weighted by Crippen LogP contribution is 2.20. The molecule has 0 aliphatic rings. The Hall–Kier alpha value is -2.88. The van der Waals surface area contributed by atoms with E-state index in [0.29, 0.717) is 12.3 Å². The predicted molar refractivity (Wildman–Crippen MR) is 90.2 cm³/mol. The van der Waals surface area contributed by atoms with Gasteiger partial charge in [-0.05, 0) is 34.5 Å². The molecular formula is C19H18N2O2. The molecule has 1 amide bonds. The highest BCUT2D eigenvalue weighted by atomic mass is 16.5. The SMILES string of the molecule is CN(Cc1cccnc1)C(=O)COc1ccc2ccccc2c1. The van der Waals surface area contributed by atoms with E-state index in [-0.39, 0.29) is 12.5 Å². The molecule has 0 saturated heterocycles. The Labute approximate surface area is 135 Å². The summed E-state index contributed by atoms with van der Waals surface area (Å²) in [5.74, 6) is 0.633. The van der Waals surface area contributed by atoms with E-state index in [1.54, 1.807) is 24.3 Å². The van der Waals surface area contributed by atoms with E-state index >= 15 is 0 Å². The summed E-state index contributed by atoms with van der Waals surface area (Å²) in [5, 5.41) is 2.25. The molecule has 0 saturated carbocycles. The summed E-state index contributed by atoms with van der Waals surface area (Å²) in [5.41, 5.74) is 0.994. The van der Waals surface area contributed by atoms with Crippen LogP contribution in [0.25, 0.3) is 10.8 Å². The first-order valence-corrected chi connectivity index (χ1v) is 7.47. The van der Waals surface area contributed by atoms with E-state index in [9.17, 15) is 4.79 Å². The quantitative estimate of drug-likeness (QED) is 0.726. The highest BCUT2D eigenvalue weighted by Gasteiger charge is 2.10. The standard InChI is InChI=1S/C19H18N2O2/c1-21(13-15-5-4-10-20-12-15)19(22)14-23-18-9-8-16-6-2-3-7-17(16)11-18/h2-12H,13-14H2,1H3. The lowest BCUT2D eigenvalue weighted by Crippen LogP contribution is -2.30. The molecule has 4 nitrogen and oxygen atoms in total. The van der Waals surface area contributed by atoms with Crippen molar-refractivity contribution in [3.8, 4) is 5.75 Å². The molecule has 0 atom stereocenters. The minimum atomic E-state index is -0.0676. The van der Waals surface area contributed by atoms with Crippen molar-refractivity contribution in [2.45, 2.75) is 6.54 Å². The first kappa shape index (κ1) is 15.0. The van der Waals surface area contributed by atoms with Gasteiger partial charge in [-0.3, -0.25) is 9.78 Å². The van der Waals surface area contributed by atoms with E-state index in [2.05, 4.69) is 4.98 Å². The molecule has 3 aromatic rings. The minimum Gasteiger partial charge on any atom is -0.484 e. The average molecular weight is 306 g/mol. The number of pyridine rings is 1. The van der Waals surface area contributed by atoms with Gasteiger partial charge in [0.15, 0.2) is 6.61 Å². The Bertz CT molecular complexity index is 803. The van der Waals surface area contributed by atoms with Gasteiger partial charge in [0.1, 0.15) is 5.75 Å². The normalized spacial score (nSPS) is 10.5. The van der Waals surface area contributed by atoms with Crippen LogP contribution in [0.2, 0.25) is 0 Å². The van der Waals surface area contributed by atoms with Crippen LogP contribution in [-0.4, -0.2) is 29.4 Å². The fourth-order valence-electron chi connectivity index (χ4n) is 2.37. The molecule has 116 valence electrons. The fraction of sp³-hybridized carbons (Fsp3) is 0.158. The number of carbonyl (C=O) groups excluding carboxylic acids is 1. The number of nitrogens with zero attached hydrogens (tertiary/aromatic N) is 2. The maximum absolute atomic E-state index is 12.2. The first-order valence-electron chi connectivity index (χ1n) is 7.47. The van der Waals surface area contributed by atoms with Gasteiger partial charge in [0.25, 0.3) is 5.91 Å². The smallest absolute Gasteiger partial charge is 0.260 e. The number of ether oxygens (including phenoxy) is 1. The number of benzene rings is 2. The van der Waals surface area contributed by atoms with Crippen LogP contribution in [0.3, 0.4) is 0 Å². The number of fused-ring (bicyclic) bond motifs is 1. The van der Waals surface area contributed by atoms with Gasteiger partial charge in [-0.15, -0.1) is 0 Å². The third-order valence-electron chi connectivity index (χ3n) is 3.65. The van der Waals surface area contributed by atoms with Crippen LogP contribution in [0.1, 0.15) is 5.56 Å². The molecule has 0 radical (unpaired) electrons. The number of rotatable bonds is 5. The molecule has 0 aliphatic carbocycles. The molecule has 1 heterocycles. The van der Waals surface area contributed by atoms with Crippen LogP contribution in [0.5, 0.6) is 5.75 Å². The molecule has 0 N–H and O–H groups in total. The second-order valence-corrected chi connectivity index (χ2v) is 5.41. The van der Waals surface area contributed by atoms with Crippen molar-refractivity contribution in [3.05, 3.63) is 72.6 Å². The summed E-state index contributed by atoms with van der Waals surface area (Å²) < 4.78 is 5.63. The van der Waals surface area contributed by atoms with Crippen molar-refractivity contribution in [3.63, 3.8) is 0 Å². The molecule has 0 aliphatic heterocycles. The minimum absolute atomic E-state index is 0.0229. The largest absolute Gasteiger partial charge is 0.484 e. The van der Waals surface area contributed by atoms with Crippen molar-refractivity contribution >= 4 is 16.7 Å². The second-order valence-electron chi connectivity index (χ2n) is 5.41. The molecule has 0 unspecified atom stereocenters. The monoisotopic (exact) mass is 306 g/mol. The zero-order chi connectivity index (χ0) is 16.1. The Balaban J connectivity index is 1.59. The van der Waals surface area contributed by atoms with Crippen molar-refractivity contribution in [2.75, 3.05) is 13.7 Å². The molecule has 2 aromatic carbocycles. The van der Waals surface area contributed by atoms with Gasteiger partial charge in [0, 0.05) is 26.0 Å². The van der Waals surface area contributed by atoms with Gasteiger partial charge >= 0.3 is 0 Å². The average Bonchev–Trinajstić information content (AvgIpc) is 2.60. The van der Waals surface area contributed by atoms with Crippen LogP contribution < -0.4 is 4.74 Å². The second kappa shape index (κ2) is 6.92. The van der Waals surface area contributed by atoms with E-state index in [0.717, 1.165) is 16.3 Å². The summed E-state index contributed by atoms with van der Waals surface area (Å²) in [6.07, 6.45) is 3.47. The Morgan fingerprint density at radius 1 is 1.09 bits per heavy atom. The van der Waals surface area contributed by atoms with Crippen molar-refractivity contribution in [2.24, 2.45) is 0 Å².